The zero-order chi connectivity index (χ0) is 12.4. The Balaban J connectivity index is 2.00. The predicted molar refractivity (Wildman–Crippen MR) is 58.8 cm³/mol. The van der Waals surface area contributed by atoms with E-state index < -0.39 is 5.97 Å². The lowest BCUT2D eigenvalue weighted by Crippen LogP contribution is -2.35. The van der Waals surface area contributed by atoms with E-state index in [1.54, 1.807) is 0 Å². The van der Waals surface area contributed by atoms with Crippen molar-refractivity contribution < 1.29 is 19.1 Å². The average Bonchev–Trinajstić information content (AvgIpc) is 2.92. The largest absolute Gasteiger partial charge is 0.466 e. The van der Waals surface area contributed by atoms with Crippen molar-refractivity contribution in [3.8, 4) is 0 Å². The van der Waals surface area contributed by atoms with E-state index in [-0.39, 0.29) is 29.8 Å². The van der Waals surface area contributed by atoms with Crippen LogP contribution in [0.4, 0.5) is 0 Å². The molecular formula is C11H16N2O4. The highest BCUT2D eigenvalue weighted by Gasteiger charge is 2.34. The Kier molecular flexibility index (Phi) is 3.33. The fraction of sp³-hybridized carbons (Fsp3) is 0.636. The monoisotopic (exact) mass is 240 g/mol. The summed E-state index contributed by atoms with van der Waals surface area (Å²) >= 11 is 0. The molecule has 0 aromatic rings. The maximum absolute atomic E-state index is 11.8. The van der Waals surface area contributed by atoms with Crippen LogP contribution in [0, 0.1) is 0 Å². The van der Waals surface area contributed by atoms with Crippen molar-refractivity contribution in [2.24, 2.45) is 5.73 Å². The summed E-state index contributed by atoms with van der Waals surface area (Å²) in [7, 11) is 1.27. The summed E-state index contributed by atoms with van der Waals surface area (Å²) in [5.41, 5.74) is 5.85. The molecule has 0 aliphatic carbocycles. The van der Waals surface area contributed by atoms with Gasteiger partial charge in [0.05, 0.1) is 25.3 Å². The average molecular weight is 240 g/mol. The number of ether oxygens (including phenoxy) is 2. The summed E-state index contributed by atoms with van der Waals surface area (Å²) in [4.78, 5) is 24.7. The van der Waals surface area contributed by atoms with E-state index in [1.807, 2.05) is 0 Å². The van der Waals surface area contributed by atoms with Gasteiger partial charge in [0.1, 0.15) is 5.70 Å². The smallest absolute Gasteiger partial charge is 0.337 e. The third kappa shape index (κ3) is 2.26. The fourth-order valence-electron chi connectivity index (χ4n) is 2.13. The van der Waals surface area contributed by atoms with Crippen LogP contribution in [-0.2, 0) is 19.1 Å². The van der Waals surface area contributed by atoms with Crippen LogP contribution in [0.5, 0.6) is 0 Å². The number of nitrogens with zero attached hydrogens (tertiary/aromatic N) is 1. The maximum atomic E-state index is 11.8. The van der Waals surface area contributed by atoms with Gasteiger partial charge in [0.2, 0.25) is 0 Å². The molecule has 2 rings (SSSR count). The molecule has 0 aromatic heterocycles. The zero-order valence-corrected chi connectivity index (χ0v) is 9.77. The van der Waals surface area contributed by atoms with Gasteiger partial charge in [-0.15, -0.1) is 0 Å². The second-order valence-corrected chi connectivity index (χ2v) is 4.20. The first kappa shape index (κ1) is 11.9. The number of esters is 1. The Hall–Kier alpha value is -1.56. The number of nitrogens with two attached hydrogens (primary N) is 1. The Morgan fingerprint density at radius 3 is 3.00 bits per heavy atom. The van der Waals surface area contributed by atoms with Gasteiger partial charge in [0.25, 0.3) is 5.91 Å². The number of hydrogen-bond acceptors (Lipinski definition) is 5. The molecule has 0 spiro atoms. The van der Waals surface area contributed by atoms with Crippen LogP contribution in [0.3, 0.4) is 0 Å². The van der Waals surface area contributed by atoms with E-state index in [1.165, 1.54) is 12.0 Å². The minimum absolute atomic E-state index is 0.00477. The van der Waals surface area contributed by atoms with E-state index >= 15 is 0 Å². The van der Waals surface area contributed by atoms with Gasteiger partial charge in [0, 0.05) is 13.2 Å². The van der Waals surface area contributed by atoms with Gasteiger partial charge < -0.3 is 20.1 Å². The summed E-state index contributed by atoms with van der Waals surface area (Å²) in [5.74, 6) is -0.841. The normalized spacial score (nSPS) is 24.6. The lowest BCUT2D eigenvalue weighted by Gasteiger charge is -2.20. The van der Waals surface area contributed by atoms with Crippen molar-refractivity contribution in [3.63, 3.8) is 0 Å². The van der Waals surface area contributed by atoms with E-state index in [0.717, 1.165) is 19.4 Å². The molecule has 1 atom stereocenters. The van der Waals surface area contributed by atoms with Gasteiger partial charge in [-0.3, -0.25) is 4.79 Å². The van der Waals surface area contributed by atoms with Crippen molar-refractivity contribution in [2.75, 3.05) is 26.8 Å². The lowest BCUT2D eigenvalue weighted by molar-refractivity contribution is -0.136. The number of methoxy groups -OCH3 is 1. The Bertz CT molecular complexity index is 372. The van der Waals surface area contributed by atoms with Crippen LogP contribution in [0.25, 0.3) is 0 Å². The first-order chi connectivity index (χ1) is 8.13. The first-order valence-corrected chi connectivity index (χ1v) is 5.61. The molecule has 2 heterocycles. The van der Waals surface area contributed by atoms with Gasteiger partial charge in [-0.05, 0) is 12.8 Å². The van der Waals surface area contributed by atoms with Crippen molar-refractivity contribution in [1.29, 1.82) is 0 Å². The fourth-order valence-corrected chi connectivity index (χ4v) is 2.13. The number of carbonyl (C=O) groups excluding carboxylic acids is 2. The minimum atomic E-state index is -0.536. The molecule has 1 amide bonds. The molecule has 0 radical (unpaired) electrons. The molecule has 2 aliphatic rings. The molecule has 0 bridgehead atoms. The number of amides is 1. The summed E-state index contributed by atoms with van der Waals surface area (Å²) in [6.45, 7) is 1.44. The number of rotatable bonds is 3. The van der Waals surface area contributed by atoms with Gasteiger partial charge in [-0.2, -0.15) is 0 Å². The zero-order valence-electron chi connectivity index (χ0n) is 9.77. The molecule has 1 fully saturated rings. The minimum Gasteiger partial charge on any atom is -0.466 e. The summed E-state index contributed by atoms with van der Waals surface area (Å²) in [5, 5.41) is 0. The van der Waals surface area contributed by atoms with E-state index in [2.05, 4.69) is 4.74 Å². The van der Waals surface area contributed by atoms with Crippen LogP contribution in [0.15, 0.2) is 11.3 Å². The SMILES string of the molecule is COC(=O)C1=C(N)C(=O)N(C[C@@H]2CCCO2)C1. The Labute approximate surface area is 99.3 Å². The van der Waals surface area contributed by atoms with Crippen molar-refractivity contribution in [3.05, 3.63) is 11.3 Å². The van der Waals surface area contributed by atoms with Gasteiger partial charge >= 0.3 is 5.97 Å². The summed E-state index contributed by atoms with van der Waals surface area (Å²) in [6.07, 6.45) is 2.01. The van der Waals surface area contributed by atoms with Gasteiger partial charge in [-0.1, -0.05) is 0 Å². The summed E-state index contributed by atoms with van der Waals surface area (Å²) in [6, 6.07) is 0. The van der Waals surface area contributed by atoms with Gasteiger partial charge in [0.15, 0.2) is 0 Å². The Morgan fingerprint density at radius 2 is 2.41 bits per heavy atom. The highest BCUT2D eigenvalue weighted by molar-refractivity contribution is 6.06. The van der Waals surface area contributed by atoms with Crippen molar-refractivity contribution in [1.82, 2.24) is 4.90 Å². The van der Waals surface area contributed by atoms with E-state index in [4.69, 9.17) is 10.5 Å². The number of hydrogen-bond donors (Lipinski definition) is 1. The van der Waals surface area contributed by atoms with Crippen molar-refractivity contribution >= 4 is 11.9 Å². The molecule has 0 unspecified atom stereocenters. The molecule has 2 N–H and O–H groups in total. The molecule has 6 heteroatoms. The van der Waals surface area contributed by atoms with E-state index in [9.17, 15) is 9.59 Å². The number of carbonyl (C=O) groups is 2. The van der Waals surface area contributed by atoms with Crippen LogP contribution in [0.1, 0.15) is 12.8 Å². The third-order valence-corrected chi connectivity index (χ3v) is 3.07. The van der Waals surface area contributed by atoms with Crippen molar-refractivity contribution in [2.45, 2.75) is 18.9 Å². The molecule has 94 valence electrons. The molecular weight excluding hydrogens is 224 g/mol. The summed E-state index contributed by atoms with van der Waals surface area (Å²) < 4.78 is 10.0. The molecule has 2 aliphatic heterocycles. The molecule has 0 saturated carbocycles. The van der Waals surface area contributed by atoms with E-state index in [0.29, 0.717) is 6.54 Å². The van der Waals surface area contributed by atoms with Crippen LogP contribution in [0.2, 0.25) is 0 Å². The quantitative estimate of drug-likeness (QED) is 0.666. The molecule has 17 heavy (non-hydrogen) atoms. The third-order valence-electron chi connectivity index (χ3n) is 3.07. The van der Waals surface area contributed by atoms with Crippen LogP contribution >= 0.6 is 0 Å². The second-order valence-electron chi connectivity index (χ2n) is 4.20. The van der Waals surface area contributed by atoms with Crippen LogP contribution in [-0.4, -0.2) is 49.7 Å². The first-order valence-electron chi connectivity index (χ1n) is 5.61. The molecule has 0 aromatic carbocycles. The Morgan fingerprint density at radius 1 is 1.65 bits per heavy atom. The highest BCUT2D eigenvalue weighted by Crippen LogP contribution is 2.20. The van der Waals surface area contributed by atoms with Crippen LogP contribution < -0.4 is 5.73 Å². The second kappa shape index (κ2) is 4.75. The predicted octanol–water partition coefficient (Wildman–Crippen LogP) is -0.607. The topological polar surface area (TPSA) is 81.9 Å². The molecule has 6 nitrogen and oxygen atoms in total. The molecule has 1 saturated heterocycles. The highest BCUT2D eigenvalue weighted by atomic mass is 16.5. The van der Waals surface area contributed by atoms with Gasteiger partial charge in [-0.25, -0.2) is 4.79 Å². The standard InChI is InChI=1S/C11H16N2O4/c1-16-11(15)8-6-13(10(14)9(8)12)5-7-3-2-4-17-7/h7H,2-6,12H2,1H3/t7-/m0/s1. The lowest BCUT2D eigenvalue weighted by atomic mass is 10.2. The maximum Gasteiger partial charge on any atom is 0.337 e.